The Labute approximate surface area is 110 Å². The largest absolute Gasteiger partial charge is 0.411 e. The molecule has 5 heteroatoms. The summed E-state index contributed by atoms with van der Waals surface area (Å²) in [5.41, 5.74) is 8.61. The fourth-order valence-corrected chi connectivity index (χ4v) is 2.48. The van der Waals surface area contributed by atoms with E-state index in [4.69, 9.17) is 5.73 Å². The Balaban J connectivity index is 1.65. The van der Waals surface area contributed by atoms with Crippen molar-refractivity contribution in [3.8, 4) is 0 Å². The molecule has 19 heavy (non-hydrogen) atoms. The van der Waals surface area contributed by atoms with Gasteiger partial charge in [0, 0.05) is 12.6 Å². The lowest BCUT2D eigenvalue weighted by Crippen LogP contribution is -2.29. The molecule has 0 saturated heterocycles. The Morgan fingerprint density at radius 2 is 2.05 bits per heavy atom. The molecule has 0 radical (unpaired) electrons. The first kappa shape index (κ1) is 14.3. The van der Waals surface area contributed by atoms with Crippen LogP contribution in [0.5, 0.6) is 0 Å². The third kappa shape index (κ3) is 4.21. The van der Waals surface area contributed by atoms with E-state index in [-0.39, 0.29) is 12.6 Å². The maximum Gasteiger partial charge on any atom is 0.411 e. The van der Waals surface area contributed by atoms with Gasteiger partial charge in [0.2, 0.25) is 0 Å². The smallest absolute Gasteiger partial charge is 0.372 e. The van der Waals surface area contributed by atoms with Crippen LogP contribution in [0.15, 0.2) is 24.3 Å². The summed E-state index contributed by atoms with van der Waals surface area (Å²) in [6.45, 7) is -1.12. The van der Waals surface area contributed by atoms with Gasteiger partial charge in [-0.25, -0.2) is 0 Å². The van der Waals surface area contributed by atoms with Crippen LogP contribution in [0.1, 0.15) is 29.9 Å². The lowest BCUT2D eigenvalue weighted by atomic mass is 9.74. The molecular formula is C14H18F3NO. The first-order valence-electron chi connectivity index (χ1n) is 6.43. The van der Waals surface area contributed by atoms with Gasteiger partial charge in [-0.05, 0) is 36.3 Å². The van der Waals surface area contributed by atoms with Crippen molar-refractivity contribution in [2.45, 2.75) is 37.4 Å². The topological polar surface area (TPSA) is 35.2 Å². The normalized spacial score (nSPS) is 19.7. The van der Waals surface area contributed by atoms with Crippen molar-refractivity contribution in [2.24, 2.45) is 5.73 Å². The summed E-state index contributed by atoms with van der Waals surface area (Å²) in [5, 5.41) is 0. The van der Waals surface area contributed by atoms with Crippen molar-refractivity contribution in [2.75, 3.05) is 13.2 Å². The maximum absolute atomic E-state index is 11.9. The van der Waals surface area contributed by atoms with Crippen LogP contribution in [0.25, 0.3) is 0 Å². The molecule has 0 spiro atoms. The standard InChI is InChI=1S/C14H18F3NO/c15-14(16,17)9-19-6-5-12(18)8-11-7-10-3-1-2-4-13(10)11/h1-4,11-12H,5-9,18H2. The van der Waals surface area contributed by atoms with Crippen molar-refractivity contribution in [3.63, 3.8) is 0 Å². The molecule has 2 nitrogen and oxygen atoms in total. The van der Waals surface area contributed by atoms with Crippen LogP contribution in [0.2, 0.25) is 0 Å². The quantitative estimate of drug-likeness (QED) is 0.809. The van der Waals surface area contributed by atoms with E-state index in [1.54, 1.807) is 0 Å². The first-order valence-corrected chi connectivity index (χ1v) is 6.43. The average Bonchev–Trinajstić information content (AvgIpc) is 2.31. The average molecular weight is 273 g/mol. The zero-order valence-electron chi connectivity index (χ0n) is 10.6. The number of alkyl halides is 3. The van der Waals surface area contributed by atoms with E-state index in [1.807, 2.05) is 12.1 Å². The van der Waals surface area contributed by atoms with Crippen LogP contribution in [0.3, 0.4) is 0 Å². The van der Waals surface area contributed by atoms with Crippen LogP contribution < -0.4 is 5.73 Å². The third-order valence-electron chi connectivity index (χ3n) is 3.45. The van der Waals surface area contributed by atoms with E-state index in [2.05, 4.69) is 16.9 Å². The fraction of sp³-hybridized carbons (Fsp3) is 0.571. The summed E-state index contributed by atoms with van der Waals surface area (Å²) in [4.78, 5) is 0. The SMILES string of the molecule is NC(CCOCC(F)(F)F)CC1Cc2ccccc21. The minimum Gasteiger partial charge on any atom is -0.372 e. The number of hydrogen-bond donors (Lipinski definition) is 1. The number of ether oxygens (including phenoxy) is 1. The summed E-state index contributed by atoms with van der Waals surface area (Å²) >= 11 is 0. The van der Waals surface area contributed by atoms with E-state index < -0.39 is 12.8 Å². The van der Waals surface area contributed by atoms with Crippen LogP contribution in [0, 0.1) is 0 Å². The van der Waals surface area contributed by atoms with Crippen LogP contribution >= 0.6 is 0 Å². The van der Waals surface area contributed by atoms with E-state index in [0.717, 1.165) is 12.8 Å². The van der Waals surface area contributed by atoms with E-state index in [0.29, 0.717) is 12.3 Å². The van der Waals surface area contributed by atoms with Gasteiger partial charge in [0.25, 0.3) is 0 Å². The van der Waals surface area contributed by atoms with Crippen LogP contribution in [0.4, 0.5) is 13.2 Å². The molecule has 1 aromatic carbocycles. The van der Waals surface area contributed by atoms with Crippen molar-refractivity contribution >= 4 is 0 Å². The van der Waals surface area contributed by atoms with Crippen molar-refractivity contribution in [1.29, 1.82) is 0 Å². The summed E-state index contributed by atoms with van der Waals surface area (Å²) in [5.74, 6) is 0.453. The van der Waals surface area contributed by atoms with Gasteiger partial charge in [0.05, 0.1) is 0 Å². The van der Waals surface area contributed by atoms with E-state index in [1.165, 1.54) is 11.1 Å². The van der Waals surface area contributed by atoms with Gasteiger partial charge in [-0.3, -0.25) is 0 Å². The number of hydrogen-bond acceptors (Lipinski definition) is 2. The number of fused-ring (bicyclic) bond motifs is 1. The molecule has 1 aromatic rings. The Morgan fingerprint density at radius 3 is 2.74 bits per heavy atom. The van der Waals surface area contributed by atoms with E-state index in [9.17, 15) is 13.2 Å². The molecule has 0 heterocycles. The third-order valence-corrected chi connectivity index (χ3v) is 3.45. The molecule has 0 bridgehead atoms. The fourth-order valence-electron chi connectivity index (χ4n) is 2.48. The van der Waals surface area contributed by atoms with Gasteiger partial charge >= 0.3 is 6.18 Å². The second-order valence-corrected chi connectivity index (χ2v) is 5.05. The molecule has 106 valence electrons. The highest BCUT2D eigenvalue weighted by atomic mass is 19.4. The highest BCUT2D eigenvalue weighted by Gasteiger charge is 2.28. The molecule has 0 saturated carbocycles. The Hall–Kier alpha value is -1.07. The summed E-state index contributed by atoms with van der Waals surface area (Å²) < 4.78 is 40.2. The molecule has 0 aromatic heterocycles. The molecule has 1 aliphatic carbocycles. The number of nitrogens with two attached hydrogens (primary N) is 1. The maximum atomic E-state index is 11.9. The van der Waals surface area contributed by atoms with Crippen molar-refractivity contribution in [3.05, 3.63) is 35.4 Å². The molecule has 1 aliphatic rings. The minimum atomic E-state index is -4.25. The zero-order chi connectivity index (χ0) is 13.9. The van der Waals surface area contributed by atoms with Gasteiger partial charge in [-0.1, -0.05) is 24.3 Å². The predicted molar refractivity (Wildman–Crippen MR) is 67.0 cm³/mol. The molecule has 0 aliphatic heterocycles. The van der Waals surface area contributed by atoms with Crippen molar-refractivity contribution < 1.29 is 17.9 Å². The minimum absolute atomic E-state index is 0.0645. The van der Waals surface area contributed by atoms with Gasteiger partial charge in [-0.2, -0.15) is 13.2 Å². The molecule has 0 amide bonds. The molecule has 2 atom stereocenters. The summed E-state index contributed by atoms with van der Waals surface area (Å²) in [6.07, 6.45) is -1.95. The van der Waals surface area contributed by atoms with Crippen LogP contribution in [-0.2, 0) is 11.2 Å². The molecule has 2 rings (SSSR count). The van der Waals surface area contributed by atoms with Crippen LogP contribution in [-0.4, -0.2) is 25.4 Å². The summed E-state index contributed by atoms with van der Waals surface area (Å²) in [7, 11) is 0. The predicted octanol–water partition coefficient (Wildman–Crippen LogP) is 3.01. The second-order valence-electron chi connectivity index (χ2n) is 5.05. The van der Waals surface area contributed by atoms with Gasteiger partial charge in [0.1, 0.15) is 6.61 Å². The zero-order valence-corrected chi connectivity index (χ0v) is 10.6. The molecule has 2 unspecified atom stereocenters. The lowest BCUT2D eigenvalue weighted by molar-refractivity contribution is -0.174. The van der Waals surface area contributed by atoms with E-state index >= 15 is 0 Å². The Morgan fingerprint density at radius 1 is 1.32 bits per heavy atom. The second kappa shape index (κ2) is 5.92. The van der Waals surface area contributed by atoms with Gasteiger partial charge in [0.15, 0.2) is 0 Å². The highest BCUT2D eigenvalue weighted by Crippen LogP contribution is 2.37. The highest BCUT2D eigenvalue weighted by molar-refractivity contribution is 5.39. The lowest BCUT2D eigenvalue weighted by Gasteiger charge is -2.32. The Bertz CT molecular complexity index is 419. The number of halogens is 3. The van der Waals surface area contributed by atoms with Gasteiger partial charge < -0.3 is 10.5 Å². The Kier molecular flexibility index (Phi) is 4.47. The monoisotopic (exact) mass is 273 g/mol. The van der Waals surface area contributed by atoms with Gasteiger partial charge in [-0.15, -0.1) is 0 Å². The first-order chi connectivity index (χ1) is 8.96. The summed E-state index contributed by atoms with van der Waals surface area (Å²) in [6, 6.07) is 8.11. The molecular weight excluding hydrogens is 255 g/mol. The number of benzene rings is 1. The van der Waals surface area contributed by atoms with Crippen molar-refractivity contribution in [1.82, 2.24) is 0 Å². The number of rotatable bonds is 6. The molecule has 0 fully saturated rings. The molecule has 2 N–H and O–H groups in total.